The molecular formula is C30H37ClN2O4S. The Morgan fingerprint density at radius 1 is 1.00 bits per heavy atom. The van der Waals surface area contributed by atoms with E-state index < -0.39 is 5.60 Å². The fourth-order valence-electron chi connectivity index (χ4n) is 5.00. The summed E-state index contributed by atoms with van der Waals surface area (Å²) in [6, 6.07) is 15.8. The van der Waals surface area contributed by atoms with E-state index in [-0.39, 0.29) is 24.1 Å². The van der Waals surface area contributed by atoms with Gasteiger partial charge >= 0.3 is 6.09 Å². The monoisotopic (exact) mass is 556 g/mol. The van der Waals surface area contributed by atoms with Gasteiger partial charge in [-0.1, -0.05) is 48.0 Å². The lowest BCUT2D eigenvalue weighted by atomic mass is 9.89. The summed E-state index contributed by atoms with van der Waals surface area (Å²) in [5, 5.41) is 1.41. The van der Waals surface area contributed by atoms with E-state index in [0.29, 0.717) is 23.1 Å². The average molecular weight is 557 g/mol. The zero-order chi connectivity index (χ0) is 27.4. The number of carbonyl (C=O) groups is 2. The minimum Gasteiger partial charge on any atom is -0.494 e. The van der Waals surface area contributed by atoms with Crippen LogP contribution in [0.5, 0.6) is 5.75 Å². The molecule has 0 atom stereocenters. The summed E-state index contributed by atoms with van der Waals surface area (Å²) in [5.41, 5.74) is 0.427. The van der Waals surface area contributed by atoms with Crippen molar-refractivity contribution >= 4 is 45.0 Å². The van der Waals surface area contributed by atoms with Gasteiger partial charge in [0.2, 0.25) is 0 Å². The first-order valence-corrected chi connectivity index (χ1v) is 14.4. The molecule has 2 amide bonds. The van der Waals surface area contributed by atoms with Crippen LogP contribution in [0, 0.1) is 0 Å². The number of benzene rings is 2. The van der Waals surface area contributed by atoms with Crippen LogP contribution in [0.2, 0.25) is 5.02 Å². The van der Waals surface area contributed by atoms with Gasteiger partial charge in [0.25, 0.3) is 5.91 Å². The van der Waals surface area contributed by atoms with Crippen molar-refractivity contribution in [2.45, 2.75) is 77.6 Å². The van der Waals surface area contributed by atoms with E-state index >= 15 is 0 Å². The molecule has 1 aliphatic carbocycles. The smallest absolute Gasteiger partial charge is 0.410 e. The molecule has 6 nitrogen and oxygen atoms in total. The Kier molecular flexibility index (Phi) is 8.89. The fraction of sp³-hybridized carbons (Fsp3) is 0.467. The van der Waals surface area contributed by atoms with E-state index in [0.717, 1.165) is 47.1 Å². The predicted molar refractivity (Wildman–Crippen MR) is 154 cm³/mol. The number of hydrogen-bond acceptors (Lipinski definition) is 5. The number of amides is 2. The predicted octanol–water partition coefficient (Wildman–Crippen LogP) is 7.77. The van der Waals surface area contributed by atoms with Crippen molar-refractivity contribution in [1.29, 1.82) is 0 Å². The van der Waals surface area contributed by atoms with E-state index in [1.54, 1.807) is 11.9 Å². The summed E-state index contributed by atoms with van der Waals surface area (Å²) < 4.78 is 12.5. The maximum absolute atomic E-state index is 14.1. The van der Waals surface area contributed by atoms with Crippen molar-refractivity contribution in [2.75, 3.05) is 13.7 Å². The number of rotatable bonds is 7. The fourth-order valence-corrected chi connectivity index (χ4v) is 6.47. The lowest BCUT2D eigenvalue weighted by molar-refractivity contribution is 0.0144. The van der Waals surface area contributed by atoms with Crippen molar-refractivity contribution < 1.29 is 19.1 Å². The summed E-state index contributed by atoms with van der Waals surface area (Å²) in [6.07, 6.45) is 2.83. The van der Waals surface area contributed by atoms with E-state index in [4.69, 9.17) is 21.1 Å². The lowest BCUT2D eigenvalue weighted by Crippen LogP contribution is -2.47. The maximum Gasteiger partial charge on any atom is 0.410 e. The third-order valence-corrected chi connectivity index (χ3v) is 8.60. The van der Waals surface area contributed by atoms with Crippen LogP contribution in [0.15, 0.2) is 48.5 Å². The van der Waals surface area contributed by atoms with Crippen LogP contribution in [0.3, 0.4) is 0 Å². The number of hydrogen-bond donors (Lipinski definition) is 0. The SMILES string of the molecule is CCOc1ccccc1CN(C(=O)c1sc2ccccc2c1Cl)C1CCC(N(C)C(=O)OC(C)(C)C)CC1. The quantitative estimate of drug-likeness (QED) is 0.298. The highest BCUT2D eigenvalue weighted by Crippen LogP contribution is 2.38. The van der Waals surface area contributed by atoms with Crippen molar-refractivity contribution in [3.8, 4) is 5.75 Å². The van der Waals surface area contributed by atoms with Crippen LogP contribution in [0.4, 0.5) is 4.79 Å². The minimum absolute atomic E-state index is 0.0155. The molecule has 0 N–H and O–H groups in total. The van der Waals surface area contributed by atoms with E-state index in [2.05, 4.69) is 0 Å². The molecule has 1 heterocycles. The summed E-state index contributed by atoms with van der Waals surface area (Å²) in [4.78, 5) is 31.0. The van der Waals surface area contributed by atoms with Crippen molar-refractivity contribution in [3.05, 3.63) is 64.0 Å². The van der Waals surface area contributed by atoms with E-state index in [9.17, 15) is 9.59 Å². The van der Waals surface area contributed by atoms with Crippen LogP contribution in [0.25, 0.3) is 10.1 Å². The highest BCUT2D eigenvalue weighted by molar-refractivity contribution is 7.21. The van der Waals surface area contributed by atoms with Gasteiger partial charge in [0.05, 0.1) is 11.6 Å². The Morgan fingerprint density at radius 2 is 1.63 bits per heavy atom. The minimum atomic E-state index is -0.538. The first-order valence-electron chi connectivity index (χ1n) is 13.2. The third-order valence-electron chi connectivity index (χ3n) is 6.94. The van der Waals surface area contributed by atoms with Gasteiger partial charge in [-0.3, -0.25) is 4.79 Å². The van der Waals surface area contributed by atoms with Crippen LogP contribution in [0.1, 0.15) is 68.6 Å². The summed E-state index contributed by atoms with van der Waals surface area (Å²) in [5.74, 6) is 0.722. The third kappa shape index (κ3) is 6.44. The maximum atomic E-state index is 14.1. The number of para-hydroxylation sites is 1. The van der Waals surface area contributed by atoms with Gasteiger partial charge in [-0.25, -0.2) is 4.79 Å². The molecule has 0 unspecified atom stereocenters. The second kappa shape index (κ2) is 12.0. The largest absolute Gasteiger partial charge is 0.494 e. The molecular weight excluding hydrogens is 520 g/mol. The molecule has 204 valence electrons. The molecule has 0 radical (unpaired) electrons. The molecule has 0 bridgehead atoms. The highest BCUT2D eigenvalue weighted by atomic mass is 35.5. The zero-order valence-corrected chi connectivity index (χ0v) is 24.4. The molecule has 8 heteroatoms. The molecule has 38 heavy (non-hydrogen) atoms. The number of carbonyl (C=O) groups excluding carboxylic acids is 2. The van der Waals surface area contributed by atoms with Crippen molar-refractivity contribution in [1.82, 2.24) is 9.80 Å². The lowest BCUT2D eigenvalue weighted by Gasteiger charge is -2.40. The number of fused-ring (bicyclic) bond motifs is 1. The Balaban J connectivity index is 1.58. The normalized spacial score (nSPS) is 17.7. The summed E-state index contributed by atoms with van der Waals surface area (Å²) >= 11 is 8.19. The Labute approximate surface area is 234 Å². The molecule has 4 rings (SSSR count). The van der Waals surface area contributed by atoms with Gasteiger partial charge in [-0.15, -0.1) is 11.3 Å². The Morgan fingerprint density at radius 3 is 2.29 bits per heavy atom. The summed E-state index contributed by atoms with van der Waals surface area (Å²) in [7, 11) is 1.80. The first kappa shape index (κ1) is 28.2. The first-order chi connectivity index (χ1) is 18.1. The zero-order valence-electron chi connectivity index (χ0n) is 22.8. The van der Waals surface area contributed by atoms with Gasteiger partial charge in [-0.05, 0) is 65.5 Å². The topological polar surface area (TPSA) is 59.1 Å². The van der Waals surface area contributed by atoms with E-state index in [1.165, 1.54) is 11.3 Å². The van der Waals surface area contributed by atoms with Crippen LogP contribution >= 0.6 is 22.9 Å². The van der Waals surface area contributed by atoms with Crippen LogP contribution in [-0.4, -0.2) is 53.1 Å². The number of halogens is 1. The van der Waals surface area contributed by atoms with Crippen LogP contribution < -0.4 is 4.74 Å². The molecule has 1 aromatic heterocycles. The average Bonchev–Trinajstić information content (AvgIpc) is 3.23. The molecule has 0 aliphatic heterocycles. The second-order valence-corrected chi connectivity index (χ2v) is 12.2. The van der Waals surface area contributed by atoms with E-state index in [1.807, 2.05) is 81.1 Å². The Hall–Kier alpha value is -2.77. The van der Waals surface area contributed by atoms with Crippen molar-refractivity contribution in [3.63, 3.8) is 0 Å². The molecule has 1 aliphatic rings. The number of nitrogens with zero attached hydrogens (tertiary/aromatic N) is 2. The van der Waals surface area contributed by atoms with Gasteiger partial charge in [0.1, 0.15) is 16.2 Å². The number of ether oxygens (including phenoxy) is 2. The summed E-state index contributed by atoms with van der Waals surface area (Å²) in [6.45, 7) is 8.56. The second-order valence-electron chi connectivity index (χ2n) is 10.8. The Bertz CT molecular complexity index is 1280. The molecule has 0 saturated heterocycles. The van der Waals surface area contributed by atoms with Gasteiger partial charge < -0.3 is 19.3 Å². The van der Waals surface area contributed by atoms with Crippen molar-refractivity contribution in [2.24, 2.45) is 0 Å². The molecule has 1 fully saturated rings. The molecule has 3 aromatic rings. The molecule has 0 spiro atoms. The van der Waals surface area contributed by atoms with Crippen LogP contribution in [-0.2, 0) is 11.3 Å². The number of thiophene rings is 1. The molecule has 1 saturated carbocycles. The highest BCUT2D eigenvalue weighted by Gasteiger charge is 2.35. The van der Waals surface area contributed by atoms with Gasteiger partial charge in [0, 0.05) is 41.3 Å². The standard InChI is InChI=1S/C30H37ClN2O4S/c1-6-36-24-13-9-7-11-20(24)19-33(28(34)27-26(31)23-12-8-10-14-25(23)38-27)22-17-15-21(16-18-22)32(5)29(35)37-30(2,3)4/h7-14,21-22H,6,15-19H2,1-5H3. The van der Waals surface area contributed by atoms with Gasteiger partial charge in [0.15, 0.2) is 0 Å². The molecule has 2 aromatic carbocycles. The van der Waals surface area contributed by atoms with Gasteiger partial charge in [-0.2, -0.15) is 0 Å².